The molecule has 1 atom stereocenters. The highest BCUT2D eigenvalue weighted by Gasteiger charge is 2.41. The molecule has 1 aliphatic carbocycles. The van der Waals surface area contributed by atoms with Gasteiger partial charge in [-0.2, -0.15) is 0 Å². The van der Waals surface area contributed by atoms with E-state index in [2.05, 4.69) is 44.8 Å². The number of likely N-dealkylation sites (N-methyl/N-ethyl adjacent to an activating group) is 1. The summed E-state index contributed by atoms with van der Waals surface area (Å²) < 4.78 is 0. The van der Waals surface area contributed by atoms with E-state index in [1.165, 1.54) is 51.7 Å². The molecule has 2 nitrogen and oxygen atoms in total. The summed E-state index contributed by atoms with van der Waals surface area (Å²) in [6.45, 7) is 15.8. The zero-order chi connectivity index (χ0) is 14.1. The van der Waals surface area contributed by atoms with E-state index in [9.17, 15) is 0 Å². The molecule has 1 saturated carbocycles. The van der Waals surface area contributed by atoms with Gasteiger partial charge in [-0.15, -0.1) is 0 Å². The van der Waals surface area contributed by atoms with Crippen LogP contribution in [0.2, 0.25) is 0 Å². The first-order valence-corrected chi connectivity index (χ1v) is 8.29. The van der Waals surface area contributed by atoms with Crippen molar-refractivity contribution < 1.29 is 0 Å². The Morgan fingerprint density at radius 3 is 2.16 bits per heavy atom. The van der Waals surface area contributed by atoms with Crippen molar-refractivity contribution in [1.29, 1.82) is 0 Å². The minimum absolute atomic E-state index is 0.502. The maximum Gasteiger partial charge on any atom is 0.0223 e. The molecule has 2 aliphatic rings. The van der Waals surface area contributed by atoms with Crippen LogP contribution in [-0.4, -0.2) is 36.6 Å². The lowest BCUT2D eigenvalue weighted by molar-refractivity contribution is 0.00214. The van der Waals surface area contributed by atoms with Gasteiger partial charge in [0, 0.05) is 18.6 Å². The average molecular weight is 266 g/mol. The van der Waals surface area contributed by atoms with Gasteiger partial charge in [0.25, 0.3) is 0 Å². The quantitative estimate of drug-likeness (QED) is 0.838. The molecule has 1 heterocycles. The van der Waals surface area contributed by atoms with Gasteiger partial charge in [-0.3, -0.25) is 4.90 Å². The van der Waals surface area contributed by atoms with Crippen LogP contribution in [0.3, 0.4) is 0 Å². The summed E-state index contributed by atoms with van der Waals surface area (Å²) in [4.78, 5) is 2.81. The van der Waals surface area contributed by atoms with Crippen molar-refractivity contribution in [2.45, 2.75) is 78.8 Å². The summed E-state index contributed by atoms with van der Waals surface area (Å²) in [6.07, 6.45) is 6.86. The van der Waals surface area contributed by atoms with Gasteiger partial charge in [-0.1, -0.05) is 34.6 Å². The zero-order valence-corrected chi connectivity index (χ0v) is 13.8. The van der Waals surface area contributed by atoms with Crippen LogP contribution >= 0.6 is 0 Å². The Labute approximate surface area is 120 Å². The number of piperidine rings is 1. The van der Waals surface area contributed by atoms with Crippen molar-refractivity contribution in [2.75, 3.05) is 19.6 Å². The minimum Gasteiger partial charge on any atom is -0.315 e. The van der Waals surface area contributed by atoms with E-state index < -0.39 is 0 Å². The maximum atomic E-state index is 3.59. The molecule has 2 fully saturated rings. The van der Waals surface area contributed by atoms with Crippen molar-refractivity contribution in [3.05, 3.63) is 0 Å². The lowest BCUT2D eigenvalue weighted by Gasteiger charge is -2.50. The average Bonchev–Trinajstić information content (AvgIpc) is 2.27. The summed E-state index contributed by atoms with van der Waals surface area (Å²) in [5.41, 5.74) is 1.00. The Hall–Kier alpha value is -0.0800. The maximum absolute atomic E-state index is 3.59. The normalized spacial score (nSPS) is 31.6. The van der Waals surface area contributed by atoms with Crippen molar-refractivity contribution in [1.82, 2.24) is 10.2 Å². The van der Waals surface area contributed by atoms with Gasteiger partial charge in [0.1, 0.15) is 0 Å². The Kier molecular flexibility index (Phi) is 4.62. The third-order valence-electron chi connectivity index (χ3n) is 5.11. The summed E-state index contributed by atoms with van der Waals surface area (Å²) in [6, 6.07) is 1.56. The molecule has 0 bridgehead atoms. The first kappa shape index (κ1) is 15.3. The largest absolute Gasteiger partial charge is 0.315 e. The van der Waals surface area contributed by atoms with Crippen LogP contribution < -0.4 is 5.32 Å². The molecule has 19 heavy (non-hydrogen) atoms. The predicted octanol–water partition coefficient (Wildman–Crippen LogP) is 3.67. The summed E-state index contributed by atoms with van der Waals surface area (Å²) in [5.74, 6) is 0. The highest BCUT2D eigenvalue weighted by Crippen LogP contribution is 2.47. The Bertz CT molecular complexity index is 274. The fourth-order valence-electron chi connectivity index (χ4n) is 4.95. The van der Waals surface area contributed by atoms with Crippen molar-refractivity contribution in [2.24, 2.45) is 10.8 Å². The van der Waals surface area contributed by atoms with E-state index >= 15 is 0 Å². The molecular formula is C17H34N2. The van der Waals surface area contributed by atoms with Gasteiger partial charge in [-0.05, 0) is 56.0 Å². The van der Waals surface area contributed by atoms with Crippen LogP contribution in [0.4, 0.5) is 0 Å². The number of nitrogens with zero attached hydrogens (tertiary/aromatic N) is 1. The van der Waals surface area contributed by atoms with E-state index in [4.69, 9.17) is 0 Å². The topological polar surface area (TPSA) is 15.3 Å². The van der Waals surface area contributed by atoms with Crippen LogP contribution in [-0.2, 0) is 0 Å². The van der Waals surface area contributed by atoms with E-state index in [0.29, 0.717) is 10.8 Å². The Morgan fingerprint density at radius 2 is 1.68 bits per heavy atom. The molecule has 0 aromatic carbocycles. The first-order valence-electron chi connectivity index (χ1n) is 8.29. The molecule has 0 spiro atoms. The van der Waals surface area contributed by atoms with Crippen molar-refractivity contribution >= 4 is 0 Å². The molecule has 1 aliphatic heterocycles. The van der Waals surface area contributed by atoms with E-state index in [-0.39, 0.29) is 0 Å². The molecule has 0 amide bonds. The fourth-order valence-corrected chi connectivity index (χ4v) is 4.95. The van der Waals surface area contributed by atoms with Gasteiger partial charge < -0.3 is 5.32 Å². The first-order chi connectivity index (χ1) is 8.83. The number of hydrogen-bond acceptors (Lipinski definition) is 2. The van der Waals surface area contributed by atoms with Crippen LogP contribution in [0, 0.1) is 10.8 Å². The Balaban J connectivity index is 2.08. The molecule has 2 rings (SSSR count). The molecular weight excluding hydrogens is 232 g/mol. The van der Waals surface area contributed by atoms with Crippen LogP contribution in [0.25, 0.3) is 0 Å². The molecule has 1 unspecified atom stereocenters. The summed E-state index contributed by atoms with van der Waals surface area (Å²) >= 11 is 0. The van der Waals surface area contributed by atoms with Gasteiger partial charge in [0.2, 0.25) is 0 Å². The molecule has 1 saturated heterocycles. The standard InChI is InChI=1S/C17H34N2/c1-6-19(14-8-7-9-18-12-14)15-10-16(2,3)13-17(4,5)11-15/h14-15,18H,6-13H2,1-5H3. The van der Waals surface area contributed by atoms with Gasteiger partial charge >= 0.3 is 0 Å². The Morgan fingerprint density at radius 1 is 1.05 bits per heavy atom. The summed E-state index contributed by atoms with van der Waals surface area (Å²) in [7, 11) is 0. The molecule has 2 heteroatoms. The highest BCUT2D eigenvalue weighted by molar-refractivity contribution is 4.95. The third kappa shape index (κ3) is 3.95. The number of nitrogens with one attached hydrogen (secondary N) is 1. The number of hydrogen-bond donors (Lipinski definition) is 1. The SMILES string of the molecule is CCN(C1CCCNC1)C1CC(C)(C)CC(C)(C)C1. The van der Waals surface area contributed by atoms with Gasteiger partial charge in [-0.25, -0.2) is 0 Å². The molecule has 0 radical (unpaired) electrons. The number of rotatable bonds is 3. The smallest absolute Gasteiger partial charge is 0.0223 e. The zero-order valence-electron chi connectivity index (χ0n) is 13.8. The molecule has 0 aromatic heterocycles. The van der Waals surface area contributed by atoms with E-state index in [1.807, 2.05) is 0 Å². The second kappa shape index (κ2) is 5.73. The molecule has 0 aromatic rings. The van der Waals surface area contributed by atoms with Crippen LogP contribution in [0.1, 0.15) is 66.7 Å². The minimum atomic E-state index is 0.502. The lowest BCUT2D eigenvalue weighted by atomic mass is 9.63. The lowest BCUT2D eigenvalue weighted by Crippen LogP contribution is -2.54. The third-order valence-corrected chi connectivity index (χ3v) is 5.11. The summed E-state index contributed by atoms with van der Waals surface area (Å²) in [5, 5.41) is 3.59. The molecule has 112 valence electrons. The predicted molar refractivity (Wildman–Crippen MR) is 83.5 cm³/mol. The highest BCUT2D eigenvalue weighted by atomic mass is 15.2. The van der Waals surface area contributed by atoms with E-state index in [0.717, 1.165) is 12.1 Å². The van der Waals surface area contributed by atoms with Gasteiger partial charge in [0.05, 0.1) is 0 Å². The van der Waals surface area contributed by atoms with Crippen molar-refractivity contribution in [3.8, 4) is 0 Å². The van der Waals surface area contributed by atoms with Crippen molar-refractivity contribution in [3.63, 3.8) is 0 Å². The second-order valence-corrected chi connectivity index (χ2v) is 8.40. The fraction of sp³-hybridized carbons (Fsp3) is 1.00. The van der Waals surface area contributed by atoms with Crippen LogP contribution in [0.5, 0.6) is 0 Å². The van der Waals surface area contributed by atoms with Crippen LogP contribution in [0.15, 0.2) is 0 Å². The monoisotopic (exact) mass is 266 g/mol. The molecule has 1 N–H and O–H groups in total. The second-order valence-electron chi connectivity index (χ2n) is 8.40. The van der Waals surface area contributed by atoms with E-state index in [1.54, 1.807) is 0 Å². The van der Waals surface area contributed by atoms with Gasteiger partial charge in [0.15, 0.2) is 0 Å².